The summed E-state index contributed by atoms with van der Waals surface area (Å²) in [7, 11) is 2.96. The minimum Gasteiger partial charge on any atom is -0.491 e. The summed E-state index contributed by atoms with van der Waals surface area (Å²) in [6.45, 7) is 2.45. The molecule has 0 N–H and O–H groups in total. The lowest BCUT2D eigenvalue weighted by Gasteiger charge is -2.37. The van der Waals surface area contributed by atoms with Gasteiger partial charge in [0.2, 0.25) is 0 Å². The number of hydrogen-bond acceptors (Lipinski definition) is 7. The second-order valence-electron chi connectivity index (χ2n) is 7.45. The van der Waals surface area contributed by atoms with E-state index in [1.807, 2.05) is 6.92 Å². The Morgan fingerprint density at radius 2 is 1.94 bits per heavy atom. The molecule has 1 amide bonds. The first-order valence-corrected chi connectivity index (χ1v) is 9.99. The fourth-order valence-corrected chi connectivity index (χ4v) is 3.81. The van der Waals surface area contributed by atoms with Crippen LogP contribution in [0.25, 0.3) is 11.5 Å². The molecule has 0 unspecified atom stereocenters. The first kappa shape index (κ1) is 20.8. The van der Waals surface area contributed by atoms with Crippen LogP contribution in [0.4, 0.5) is 4.39 Å². The Morgan fingerprint density at radius 1 is 1.16 bits per heavy atom. The maximum absolute atomic E-state index is 13.4. The molecule has 8 nitrogen and oxygen atoms in total. The van der Waals surface area contributed by atoms with Crippen LogP contribution >= 0.6 is 0 Å². The van der Waals surface area contributed by atoms with Crippen molar-refractivity contribution in [1.29, 1.82) is 0 Å². The van der Waals surface area contributed by atoms with Gasteiger partial charge in [0.1, 0.15) is 5.82 Å². The summed E-state index contributed by atoms with van der Waals surface area (Å²) in [4.78, 5) is 23.7. The first-order valence-electron chi connectivity index (χ1n) is 9.99. The van der Waals surface area contributed by atoms with Gasteiger partial charge in [-0.25, -0.2) is 9.37 Å². The molecule has 1 fully saturated rings. The molecule has 4 rings (SSSR count). The number of methoxy groups -OCH3 is 2. The fourth-order valence-electron chi connectivity index (χ4n) is 3.81. The number of hydrogen-bond donors (Lipinski definition) is 0. The maximum Gasteiger partial charge on any atom is 0.258 e. The van der Waals surface area contributed by atoms with E-state index in [2.05, 4.69) is 15.1 Å². The van der Waals surface area contributed by atoms with Gasteiger partial charge in [0, 0.05) is 30.3 Å². The summed E-state index contributed by atoms with van der Waals surface area (Å²) in [6, 6.07) is 7.54. The molecule has 1 aliphatic heterocycles. The summed E-state index contributed by atoms with van der Waals surface area (Å²) >= 11 is 0. The van der Waals surface area contributed by atoms with Crippen molar-refractivity contribution < 1.29 is 23.2 Å². The van der Waals surface area contributed by atoms with E-state index in [4.69, 9.17) is 14.0 Å². The highest BCUT2D eigenvalue weighted by Crippen LogP contribution is 2.34. The monoisotopic (exact) mass is 426 g/mol. The van der Waals surface area contributed by atoms with Gasteiger partial charge >= 0.3 is 0 Å². The lowest BCUT2D eigenvalue weighted by molar-refractivity contribution is 0.0600. The molecular weight excluding hydrogens is 403 g/mol. The van der Waals surface area contributed by atoms with Crippen molar-refractivity contribution in [3.63, 3.8) is 0 Å². The zero-order chi connectivity index (χ0) is 22.0. The van der Waals surface area contributed by atoms with Gasteiger partial charge < -0.3 is 18.9 Å². The van der Waals surface area contributed by atoms with Gasteiger partial charge in [-0.3, -0.25) is 4.79 Å². The molecule has 0 spiro atoms. The van der Waals surface area contributed by atoms with Crippen LogP contribution in [0.1, 0.15) is 41.9 Å². The van der Waals surface area contributed by atoms with Crippen molar-refractivity contribution in [3.8, 4) is 23.1 Å². The average Bonchev–Trinajstić information content (AvgIpc) is 3.29. The summed E-state index contributed by atoms with van der Waals surface area (Å²) in [5, 5.41) is 4.12. The number of pyridine rings is 1. The van der Waals surface area contributed by atoms with Crippen LogP contribution in [0.3, 0.4) is 0 Å². The topological polar surface area (TPSA) is 90.6 Å². The van der Waals surface area contributed by atoms with Gasteiger partial charge in [0.05, 0.1) is 19.8 Å². The van der Waals surface area contributed by atoms with Crippen LogP contribution in [0.5, 0.6) is 11.6 Å². The number of carbonyl (C=O) groups excluding carboxylic acids is 1. The van der Waals surface area contributed by atoms with Gasteiger partial charge in [-0.15, -0.1) is 0 Å². The number of carbonyl (C=O) groups is 1. The molecule has 0 aliphatic carbocycles. The second-order valence-corrected chi connectivity index (χ2v) is 7.45. The Labute approximate surface area is 179 Å². The van der Waals surface area contributed by atoms with Gasteiger partial charge in [-0.1, -0.05) is 5.16 Å². The summed E-state index contributed by atoms with van der Waals surface area (Å²) in [5.74, 6) is 0.849. The predicted molar refractivity (Wildman–Crippen MR) is 110 cm³/mol. The molecule has 2 atom stereocenters. The van der Waals surface area contributed by atoms with E-state index in [0.717, 1.165) is 12.8 Å². The highest BCUT2D eigenvalue weighted by atomic mass is 19.1. The quantitative estimate of drug-likeness (QED) is 0.614. The van der Waals surface area contributed by atoms with Crippen LogP contribution in [0.15, 0.2) is 41.1 Å². The standard InChI is InChI=1S/C22H23FN4O4/c1-13-4-5-15(19-25-20(31-26-19)14-6-8-16(23)9-7-14)12-27(13)22(28)17-10-11-24-21(30-3)18(17)29-2/h6-11,13,15H,4-5,12H2,1-3H3/t13-,15+/m1/s1. The summed E-state index contributed by atoms with van der Waals surface area (Å²) in [6.07, 6.45) is 3.14. The minimum atomic E-state index is -0.331. The third kappa shape index (κ3) is 4.08. The fraction of sp³-hybridized carbons (Fsp3) is 0.364. The Hall–Kier alpha value is -3.49. The Morgan fingerprint density at radius 3 is 2.65 bits per heavy atom. The van der Waals surface area contributed by atoms with E-state index in [9.17, 15) is 9.18 Å². The van der Waals surface area contributed by atoms with Crippen molar-refractivity contribution in [2.45, 2.75) is 31.7 Å². The van der Waals surface area contributed by atoms with Crippen molar-refractivity contribution in [2.24, 2.45) is 0 Å². The highest BCUT2D eigenvalue weighted by molar-refractivity contribution is 5.97. The number of piperidine rings is 1. The first-order chi connectivity index (χ1) is 15.0. The van der Waals surface area contributed by atoms with E-state index in [1.165, 1.54) is 32.5 Å². The van der Waals surface area contributed by atoms with Gasteiger partial charge in [0.25, 0.3) is 17.7 Å². The number of likely N-dealkylation sites (tertiary alicyclic amines) is 1. The lowest BCUT2D eigenvalue weighted by Crippen LogP contribution is -2.45. The Kier molecular flexibility index (Phi) is 5.83. The molecular formula is C22H23FN4O4. The Bertz CT molecular complexity index is 1070. The third-order valence-electron chi connectivity index (χ3n) is 5.54. The molecule has 0 saturated carbocycles. The number of benzene rings is 1. The molecule has 2 aromatic heterocycles. The average molecular weight is 426 g/mol. The molecule has 3 aromatic rings. The number of ether oxygens (including phenoxy) is 2. The number of nitrogens with zero attached hydrogens (tertiary/aromatic N) is 4. The van der Waals surface area contributed by atoms with Crippen molar-refractivity contribution >= 4 is 5.91 Å². The second kappa shape index (κ2) is 8.71. The molecule has 1 aliphatic rings. The van der Waals surface area contributed by atoms with E-state index >= 15 is 0 Å². The normalized spacial score (nSPS) is 18.6. The van der Waals surface area contributed by atoms with Gasteiger partial charge in [0.15, 0.2) is 11.6 Å². The lowest BCUT2D eigenvalue weighted by atomic mass is 9.92. The highest BCUT2D eigenvalue weighted by Gasteiger charge is 2.34. The van der Waals surface area contributed by atoms with E-state index in [0.29, 0.717) is 35.1 Å². The molecule has 31 heavy (non-hydrogen) atoms. The molecule has 0 radical (unpaired) electrons. The molecule has 9 heteroatoms. The van der Waals surface area contributed by atoms with Crippen LogP contribution in [-0.2, 0) is 0 Å². The number of halogens is 1. The van der Waals surface area contributed by atoms with Gasteiger partial charge in [-0.2, -0.15) is 4.98 Å². The van der Waals surface area contributed by atoms with E-state index in [1.54, 1.807) is 23.1 Å². The van der Waals surface area contributed by atoms with Crippen molar-refractivity contribution in [1.82, 2.24) is 20.0 Å². The number of rotatable bonds is 5. The number of aromatic nitrogens is 3. The van der Waals surface area contributed by atoms with E-state index < -0.39 is 0 Å². The zero-order valence-corrected chi connectivity index (χ0v) is 17.5. The van der Waals surface area contributed by atoms with Crippen molar-refractivity contribution in [3.05, 3.63) is 53.7 Å². The molecule has 162 valence electrons. The third-order valence-corrected chi connectivity index (χ3v) is 5.54. The minimum absolute atomic E-state index is 0.0380. The van der Waals surface area contributed by atoms with Crippen LogP contribution in [0, 0.1) is 5.82 Å². The van der Waals surface area contributed by atoms with Crippen LogP contribution in [0.2, 0.25) is 0 Å². The summed E-state index contributed by atoms with van der Waals surface area (Å²) < 4.78 is 29.2. The van der Waals surface area contributed by atoms with Crippen molar-refractivity contribution in [2.75, 3.05) is 20.8 Å². The SMILES string of the molecule is COc1nccc(C(=O)N2C[C@@H](c3noc(-c4ccc(F)cc4)n3)CC[C@H]2C)c1OC. The number of amides is 1. The molecule has 1 aromatic carbocycles. The van der Waals surface area contributed by atoms with Gasteiger partial charge in [-0.05, 0) is 50.1 Å². The largest absolute Gasteiger partial charge is 0.491 e. The molecule has 3 heterocycles. The van der Waals surface area contributed by atoms with Crippen LogP contribution in [-0.4, -0.2) is 52.7 Å². The molecule has 1 saturated heterocycles. The van der Waals surface area contributed by atoms with E-state index in [-0.39, 0.29) is 29.6 Å². The smallest absolute Gasteiger partial charge is 0.258 e. The maximum atomic E-state index is 13.4. The Balaban J connectivity index is 1.57. The summed E-state index contributed by atoms with van der Waals surface area (Å²) in [5.41, 5.74) is 1.04. The van der Waals surface area contributed by atoms with Crippen LogP contribution < -0.4 is 9.47 Å². The zero-order valence-electron chi connectivity index (χ0n) is 17.5. The predicted octanol–water partition coefficient (Wildman–Crippen LogP) is 3.70. The molecule has 0 bridgehead atoms.